The fraction of sp³-hybridized carbons (Fsp3) is 0.286. The monoisotopic (exact) mass is 816 g/mol. The number of halogens is 2. The van der Waals surface area contributed by atoms with E-state index in [1.165, 1.54) is 11.3 Å². The Labute approximate surface area is 293 Å². The predicted molar refractivity (Wildman–Crippen MR) is 191 cm³/mol. The van der Waals surface area contributed by atoms with Crippen molar-refractivity contribution >= 4 is 61.9 Å². The Morgan fingerprint density at radius 2 is 1.80 bits per heavy atom. The fourth-order valence-corrected chi connectivity index (χ4v) is 7.21. The van der Waals surface area contributed by atoms with Crippen molar-refractivity contribution in [3.63, 3.8) is 0 Å². The van der Waals surface area contributed by atoms with E-state index in [0.29, 0.717) is 56.6 Å². The molecule has 0 radical (unpaired) electrons. The second-order valence-corrected chi connectivity index (χ2v) is 13.8. The summed E-state index contributed by atoms with van der Waals surface area (Å²) in [6.45, 7) is 10.3. The zero-order chi connectivity index (χ0) is 33.0. The lowest BCUT2D eigenvalue weighted by Crippen LogP contribution is -2.40. The van der Waals surface area contributed by atoms with Gasteiger partial charge in [-0.2, -0.15) is 0 Å². The molecule has 4 aromatic rings. The van der Waals surface area contributed by atoms with Gasteiger partial charge in [0.1, 0.15) is 18.4 Å². The molecular weight excluding hydrogens is 783 g/mol. The standard InChI is InChI=1S/C35H34BrIN2O6S/c1-6-42-28-17-23(16-26(37)32(28)44-19-22-12-14-24(36)15-13-22)18-29-33(40)39-31(25-10-8-9-11-27(25)45-20(3)4)30(34(41)43-7-2)21(5)38-35(39)46-29/h8-18,20,31H,6-7,19H2,1-5H3/b29-18+/t31-/m0/s1. The summed E-state index contributed by atoms with van der Waals surface area (Å²) in [5.74, 6) is 1.30. The van der Waals surface area contributed by atoms with Crippen LogP contribution in [0.25, 0.3) is 6.08 Å². The summed E-state index contributed by atoms with van der Waals surface area (Å²) in [4.78, 5) is 32.8. The van der Waals surface area contributed by atoms with Crippen molar-refractivity contribution < 1.29 is 23.7 Å². The van der Waals surface area contributed by atoms with Crippen LogP contribution in [0.5, 0.6) is 17.2 Å². The molecule has 1 aliphatic rings. The quantitative estimate of drug-likeness (QED) is 0.121. The van der Waals surface area contributed by atoms with Gasteiger partial charge in [0.15, 0.2) is 16.3 Å². The molecule has 1 aromatic heterocycles. The number of thiazole rings is 1. The second-order valence-electron chi connectivity index (χ2n) is 10.7. The van der Waals surface area contributed by atoms with Crippen LogP contribution in [-0.4, -0.2) is 29.9 Å². The summed E-state index contributed by atoms with van der Waals surface area (Å²) >= 11 is 6.96. The molecule has 5 rings (SSSR count). The highest BCUT2D eigenvalue weighted by molar-refractivity contribution is 14.1. The van der Waals surface area contributed by atoms with Crippen LogP contribution in [0.3, 0.4) is 0 Å². The van der Waals surface area contributed by atoms with Gasteiger partial charge in [-0.25, -0.2) is 9.79 Å². The van der Waals surface area contributed by atoms with E-state index >= 15 is 0 Å². The smallest absolute Gasteiger partial charge is 0.338 e. The van der Waals surface area contributed by atoms with Crippen LogP contribution >= 0.6 is 49.9 Å². The molecule has 0 N–H and O–H groups in total. The van der Waals surface area contributed by atoms with Gasteiger partial charge in [-0.3, -0.25) is 9.36 Å². The Hall–Kier alpha value is -3.42. The molecule has 1 aliphatic heterocycles. The number of benzene rings is 3. The Morgan fingerprint density at radius 3 is 2.50 bits per heavy atom. The zero-order valence-corrected chi connectivity index (χ0v) is 30.7. The number of allylic oxidation sites excluding steroid dienone is 1. The molecule has 0 unspecified atom stereocenters. The van der Waals surface area contributed by atoms with Gasteiger partial charge in [0.05, 0.1) is 38.7 Å². The van der Waals surface area contributed by atoms with Gasteiger partial charge in [-0.1, -0.05) is 57.6 Å². The van der Waals surface area contributed by atoms with E-state index in [0.717, 1.165) is 19.2 Å². The molecule has 0 bridgehead atoms. The number of para-hydroxylation sites is 1. The van der Waals surface area contributed by atoms with Crippen LogP contribution in [0.4, 0.5) is 0 Å². The van der Waals surface area contributed by atoms with Crippen LogP contribution < -0.4 is 29.1 Å². The van der Waals surface area contributed by atoms with Crippen molar-refractivity contribution in [2.45, 2.75) is 53.4 Å². The van der Waals surface area contributed by atoms with Crippen LogP contribution in [0, 0.1) is 3.57 Å². The number of nitrogens with zero attached hydrogens (tertiary/aromatic N) is 2. The molecule has 240 valence electrons. The minimum Gasteiger partial charge on any atom is -0.491 e. The Kier molecular flexibility index (Phi) is 11.1. The van der Waals surface area contributed by atoms with E-state index in [1.807, 2.05) is 87.5 Å². The number of fused-ring (bicyclic) bond motifs is 1. The second kappa shape index (κ2) is 15.0. The zero-order valence-electron chi connectivity index (χ0n) is 26.1. The molecule has 0 spiro atoms. The number of aromatic nitrogens is 1. The average molecular weight is 818 g/mol. The molecular formula is C35H34BrIN2O6S. The van der Waals surface area contributed by atoms with Gasteiger partial charge in [-0.15, -0.1) is 0 Å². The third-order valence-corrected chi connectivity index (χ3v) is 9.33. The highest BCUT2D eigenvalue weighted by Gasteiger charge is 2.35. The predicted octanol–water partition coefficient (Wildman–Crippen LogP) is 6.93. The lowest BCUT2D eigenvalue weighted by atomic mass is 9.95. The van der Waals surface area contributed by atoms with Crippen molar-refractivity contribution in [1.29, 1.82) is 0 Å². The number of hydrogen-bond donors (Lipinski definition) is 0. The first-order valence-electron chi connectivity index (χ1n) is 14.9. The number of carbonyl (C=O) groups is 1. The summed E-state index contributed by atoms with van der Waals surface area (Å²) in [6, 6.07) is 18.5. The molecule has 3 aromatic carbocycles. The van der Waals surface area contributed by atoms with E-state index in [2.05, 4.69) is 38.5 Å². The first-order valence-corrected chi connectivity index (χ1v) is 17.6. The van der Waals surface area contributed by atoms with Gasteiger partial charge in [0.25, 0.3) is 5.56 Å². The summed E-state index contributed by atoms with van der Waals surface area (Å²) in [6.07, 6.45) is 1.71. The highest BCUT2D eigenvalue weighted by atomic mass is 127. The van der Waals surface area contributed by atoms with E-state index < -0.39 is 12.0 Å². The number of ether oxygens (including phenoxy) is 4. The third kappa shape index (κ3) is 7.42. The van der Waals surface area contributed by atoms with Crippen molar-refractivity contribution in [2.75, 3.05) is 13.2 Å². The SMILES string of the molecule is CCOC(=O)C1=C(C)N=c2s/c(=C/c3cc(I)c(OCc4ccc(Br)cc4)c(OCC)c3)c(=O)n2[C@H]1c1ccccc1OC(C)C. The molecule has 8 nitrogen and oxygen atoms in total. The molecule has 0 amide bonds. The number of esters is 1. The molecule has 0 aliphatic carbocycles. The molecule has 1 atom stereocenters. The number of carbonyl (C=O) groups excluding carboxylic acids is 1. The molecule has 2 heterocycles. The maximum atomic E-state index is 14.2. The first kappa shape index (κ1) is 33.9. The Bertz CT molecular complexity index is 1970. The van der Waals surface area contributed by atoms with E-state index in [1.54, 1.807) is 18.4 Å². The summed E-state index contributed by atoms with van der Waals surface area (Å²) in [5.41, 5.74) is 3.01. The van der Waals surface area contributed by atoms with Gasteiger partial charge in [-0.05, 0) is 105 Å². The number of rotatable bonds is 11. The van der Waals surface area contributed by atoms with Gasteiger partial charge >= 0.3 is 5.97 Å². The lowest BCUT2D eigenvalue weighted by Gasteiger charge is -2.26. The van der Waals surface area contributed by atoms with Crippen molar-refractivity contribution in [3.8, 4) is 17.2 Å². The maximum absolute atomic E-state index is 14.2. The van der Waals surface area contributed by atoms with Gasteiger partial charge in [0.2, 0.25) is 0 Å². The van der Waals surface area contributed by atoms with Crippen molar-refractivity contribution in [3.05, 3.63) is 116 Å². The third-order valence-electron chi connectivity index (χ3n) is 7.02. The van der Waals surface area contributed by atoms with Crippen molar-refractivity contribution in [2.24, 2.45) is 4.99 Å². The van der Waals surface area contributed by atoms with Gasteiger partial charge < -0.3 is 18.9 Å². The lowest BCUT2D eigenvalue weighted by molar-refractivity contribution is -0.139. The number of hydrogen-bond acceptors (Lipinski definition) is 8. The Morgan fingerprint density at radius 1 is 1.07 bits per heavy atom. The van der Waals surface area contributed by atoms with Crippen LogP contribution in [0.2, 0.25) is 0 Å². The largest absolute Gasteiger partial charge is 0.491 e. The van der Waals surface area contributed by atoms with E-state index in [9.17, 15) is 9.59 Å². The minimum atomic E-state index is -0.777. The minimum absolute atomic E-state index is 0.114. The normalized spacial score (nSPS) is 14.6. The van der Waals surface area contributed by atoms with Crippen LogP contribution in [0.1, 0.15) is 57.4 Å². The summed E-state index contributed by atoms with van der Waals surface area (Å²) in [7, 11) is 0. The van der Waals surface area contributed by atoms with Crippen LogP contribution in [0.15, 0.2) is 86.2 Å². The van der Waals surface area contributed by atoms with Crippen LogP contribution in [-0.2, 0) is 16.1 Å². The molecule has 0 saturated heterocycles. The van der Waals surface area contributed by atoms with E-state index in [4.69, 9.17) is 23.9 Å². The highest BCUT2D eigenvalue weighted by Crippen LogP contribution is 2.37. The first-order chi connectivity index (χ1) is 22.1. The molecule has 11 heteroatoms. The fourth-order valence-electron chi connectivity index (χ4n) is 5.12. The molecule has 46 heavy (non-hydrogen) atoms. The Balaban J connectivity index is 1.61. The molecule has 0 saturated carbocycles. The summed E-state index contributed by atoms with van der Waals surface area (Å²) in [5, 5.41) is 0. The topological polar surface area (TPSA) is 88.4 Å². The average Bonchev–Trinajstić information content (AvgIpc) is 3.31. The molecule has 0 fully saturated rings. The summed E-state index contributed by atoms with van der Waals surface area (Å²) < 4.78 is 27.7. The maximum Gasteiger partial charge on any atom is 0.338 e. The van der Waals surface area contributed by atoms with E-state index in [-0.39, 0.29) is 18.3 Å². The van der Waals surface area contributed by atoms with Gasteiger partial charge in [0, 0.05) is 10.0 Å². The van der Waals surface area contributed by atoms with Crippen molar-refractivity contribution in [1.82, 2.24) is 4.57 Å².